The summed E-state index contributed by atoms with van der Waals surface area (Å²) >= 11 is 0. The molecule has 0 heterocycles. The summed E-state index contributed by atoms with van der Waals surface area (Å²) in [5.74, 6) is 3.30. The largest absolute Gasteiger partial charge is 0.318 e. The van der Waals surface area contributed by atoms with E-state index >= 15 is 0 Å². The first-order valence-corrected chi connectivity index (χ1v) is 5.62. The van der Waals surface area contributed by atoms with Crippen molar-refractivity contribution in [2.24, 2.45) is 17.8 Å². The Morgan fingerprint density at radius 2 is 1.92 bits per heavy atom. The van der Waals surface area contributed by atoms with E-state index in [0.29, 0.717) is 0 Å². The maximum atomic E-state index is 3.20. The fraction of sp³-hybridized carbons (Fsp3) is 1.00. The second-order valence-corrected chi connectivity index (χ2v) is 4.96. The van der Waals surface area contributed by atoms with Crippen LogP contribution in [0.5, 0.6) is 0 Å². The van der Waals surface area contributed by atoms with Crippen LogP contribution in [0.15, 0.2) is 0 Å². The SMILES string of the molecule is CNCCN(C)CC1CC2CC2C1. The van der Waals surface area contributed by atoms with Crippen LogP contribution in [0.3, 0.4) is 0 Å². The number of hydrogen-bond acceptors (Lipinski definition) is 2. The molecular formula is C11H22N2. The highest BCUT2D eigenvalue weighted by Gasteiger charge is 2.45. The molecule has 2 atom stereocenters. The maximum absolute atomic E-state index is 3.20. The Bertz CT molecular complexity index is 159. The summed E-state index contributed by atoms with van der Waals surface area (Å²) in [6, 6.07) is 0. The van der Waals surface area contributed by atoms with Crippen molar-refractivity contribution in [3.05, 3.63) is 0 Å². The summed E-state index contributed by atoms with van der Waals surface area (Å²) in [7, 11) is 4.28. The van der Waals surface area contributed by atoms with Crippen molar-refractivity contribution >= 4 is 0 Å². The average Bonchev–Trinajstić information content (AvgIpc) is 2.71. The Hall–Kier alpha value is -0.0800. The molecule has 0 bridgehead atoms. The van der Waals surface area contributed by atoms with E-state index in [1.54, 1.807) is 6.42 Å². The van der Waals surface area contributed by atoms with Gasteiger partial charge in [-0.1, -0.05) is 0 Å². The third kappa shape index (κ3) is 2.44. The van der Waals surface area contributed by atoms with Crippen LogP contribution in [0.25, 0.3) is 0 Å². The Balaban J connectivity index is 1.60. The van der Waals surface area contributed by atoms with Crippen LogP contribution in [0.2, 0.25) is 0 Å². The molecule has 0 aliphatic heterocycles. The highest BCUT2D eigenvalue weighted by atomic mass is 15.1. The van der Waals surface area contributed by atoms with Crippen LogP contribution in [-0.2, 0) is 0 Å². The highest BCUT2D eigenvalue weighted by molar-refractivity contribution is 4.96. The first-order chi connectivity index (χ1) is 6.29. The minimum Gasteiger partial charge on any atom is -0.318 e. The standard InChI is InChI=1S/C11H22N2/c1-12-3-4-13(2)8-9-5-10-7-11(10)6-9/h9-12H,3-8H2,1-2H3. The van der Waals surface area contributed by atoms with Crippen molar-refractivity contribution in [3.63, 3.8) is 0 Å². The molecule has 2 rings (SSSR count). The van der Waals surface area contributed by atoms with E-state index in [2.05, 4.69) is 17.3 Å². The fourth-order valence-electron chi connectivity index (χ4n) is 2.82. The van der Waals surface area contributed by atoms with Gasteiger partial charge in [0.15, 0.2) is 0 Å². The first kappa shape index (κ1) is 9.47. The molecule has 2 fully saturated rings. The van der Waals surface area contributed by atoms with Gasteiger partial charge in [-0.2, -0.15) is 0 Å². The van der Waals surface area contributed by atoms with Crippen molar-refractivity contribution in [2.45, 2.75) is 19.3 Å². The molecule has 0 aromatic carbocycles. The number of hydrogen-bond donors (Lipinski definition) is 1. The number of nitrogens with one attached hydrogen (secondary N) is 1. The predicted molar refractivity (Wildman–Crippen MR) is 55.7 cm³/mol. The molecule has 2 aliphatic carbocycles. The van der Waals surface area contributed by atoms with E-state index in [-0.39, 0.29) is 0 Å². The van der Waals surface area contributed by atoms with Crippen molar-refractivity contribution in [1.29, 1.82) is 0 Å². The van der Waals surface area contributed by atoms with Gasteiger partial charge in [-0.3, -0.25) is 0 Å². The summed E-state index contributed by atoms with van der Waals surface area (Å²) in [5, 5.41) is 3.20. The smallest absolute Gasteiger partial charge is 0.0104 e. The zero-order chi connectivity index (χ0) is 9.26. The molecule has 76 valence electrons. The summed E-state index contributed by atoms with van der Waals surface area (Å²) in [4.78, 5) is 2.48. The topological polar surface area (TPSA) is 15.3 Å². The second-order valence-electron chi connectivity index (χ2n) is 4.96. The number of rotatable bonds is 5. The van der Waals surface area contributed by atoms with Crippen LogP contribution in [0.4, 0.5) is 0 Å². The van der Waals surface area contributed by atoms with Crippen LogP contribution in [0.1, 0.15) is 19.3 Å². The molecule has 13 heavy (non-hydrogen) atoms. The van der Waals surface area contributed by atoms with Gasteiger partial charge in [0.05, 0.1) is 0 Å². The maximum Gasteiger partial charge on any atom is 0.0104 e. The van der Waals surface area contributed by atoms with Crippen LogP contribution in [0, 0.1) is 17.8 Å². The van der Waals surface area contributed by atoms with Gasteiger partial charge < -0.3 is 10.2 Å². The van der Waals surface area contributed by atoms with E-state index in [4.69, 9.17) is 0 Å². The first-order valence-electron chi connectivity index (χ1n) is 5.62. The van der Waals surface area contributed by atoms with E-state index in [0.717, 1.165) is 24.3 Å². The predicted octanol–water partition coefficient (Wildman–Crippen LogP) is 1.18. The van der Waals surface area contributed by atoms with Crippen LogP contribution in [-0.4, -0.2) is 38.6 Å². The zero-order valence-corrected chi connectivity index (χ0v) is 8.92. The van der Waals surface area contributed by atoms with E-state index in [1.807, 2.05) is 7.05 Å². The van der Waals surface area contributed by atoms with Gasteiger partial charge in [0, 0.05) is 19.6 Å². The van der Waals surface area contributed by atoms with Crippen molar-refractivity contribution in [3.8, 4) is 0 Å². The third-order valence-electron chi connectivity index (χ3n) is 3.65. The van der Waals surface area contributed by atoms with Gasteiger partial charge in [-0.25, -0.2) is 0 Å². The molecule has 2 aliphatic rings. The van der Waals surface area contributed by atoms with E-state index < -0.39 is 0 Å². The summed E-state index contributed by atoms with van der Waals surface area (Å²) in [6.45, 7) is 3.65. The van der Waals surface area contributed by atoms with Gasteiger partial charge in [-0.05, 0) is 51.1 Å². The lowest BCUT2D eigenvalue weighted by Crippen LogP contribution is -2.31. The molecule has 0 saturated heterocycles. The molecule has 2 nitrogen and oxygen atoms in total. The molecule has 0 radical (unpaired) electrons. The van der Waals surface area contributed by atoms with Gasteiger partial charge in [0.1, 0.15) is 0 Å². The molecule has 1 N–H and O–H groups in total. The second kappa shape index (κ2) is 3.97. The lowest BCUT2D eigenvalue weighted by atomic mass is 10.0. The van der Waals surface area contributed by atoms with E-state index in [1.165, 1.54) is 25.9 Å². The average molecular weight is 182 g/mol. The van der Waals surface area contributed by atoms with Gasteiger partial charge in [0.2, 0.25) is 0 Å². The van der Waals surface area contributed by atoms with Crippen molar-refractivity contribution in [1.82, 2.24) is 10.2 Å². The third-order valence-corrected chi connectivity index (χ3v) is 3.65. The summed E-state index contributed by atoms with van der Waals surface area (Å²) in [6.07, 6.45) is 4.60. The Labute approximate surface area is 81.7 Å². The van der Waals surface area contributed by atoms with Crippen molar-refractivity contribution in [2.75, 3.05) is 33.7 Å². The minimum absolute atomic E-state index is 1.02. The van der Waals surface area contributed by atoms with E-state index in [9.17, 15) is 0 Å². The molecular weight excluding hydrogens is 160 g/mol. The normalized spacial score (nSPS) is 36.7. The molecule has 0 spiro atoms. The molecule has 0 amide bonds. The monoisotopic (exact) mass is 182 g/mol. The Kier molecular flexibility index (Phi) is 2.89. The molecule has 2 unspecified atom stereocenters. The zero-order valence-electron chi connectivity index (χ0n) is 8.92. The number of nitrogens with zero attached hydrogens (tertiary/aromatic N) is 1. The summed E-state index contributed by atoms with van der Waals surface area (Å²) in [5.41, 5.74) is 0. The Morgan fingerprint density at radius 1 is 1.23 bits per heavy atom. The van der Waals surface area contributed by atoms with Crippen LogP contribution < -0.4 is 5.32 Å². The van der Waals surface area contributed by atoms with Gasteiger partial charge in [-0.15, -0.1) is 0 Å². The number of fused-ring (bicyclic) bond motifs is 1. The number of likely N-dealkylation sites (N-methyl/N-ethyl adjacent to an activating group) is 2. The highest BCUT2D eigenvalue weighted by Crippen LogP contribution is 2.54. The van der Waals surface area contributed by atoms with Gasteiger partial charge in [0.25, 0.3) is 0 Å². The summed E-state index contributed by atoms with van der Waals surface area (Å²) < 4.78 is 0. The lowest BCUT2D eigenvalue weighted by Gasteiger charge is -2.21. The van der Waals surface area contributed by atoms with Gasteiger partial charge >= 0.3 is 0 Å². The lowest BCUT2D eigenvalue weighted by molar-refractivity contribution is 0.269. The fourth-order valence-corrected chi connectivity index (χ4v) is 2.82. The van der Waals surface area contributed by atoms with Crippen molar-refractivity contribution < 1.29 is 0 Å². The quantitative estimate of drug-likeness (QED) is 0.687. The minimum atomic E-state index is 1.02. The Morgan fingerprint density at radius 3 is 2.54 bits per heavy atom. The molecule has 2 saturated carbocycles. The molecule has 0 aromatic rings. The molecule has 2 heteroatoms. The molecule has 0 aromatic heterocycles. The van der Waals surface area contributed by atoms with Crippen LogP contribution >= 0.6 is 0 Å².